The van der Waals surface area contributed by atoms with E-state index in [4.69, 9.17) is 25.8 Å². The SMILES string of the molecule is COc1cc2ncnc(NC3=CC(Cl)C(F)C=C3)c2cc1OCCCN1CCOCC1. The number of morpholine rings is 1. The summed E-state index contributed by atoms with van der Waals surface area (Å²) in [5.74, 6) is 1.83. The summed E-state index contributed by atoms with van der Waals surface area (Å²) in [6.45, 7) is 5.03. The molecule has 2 aromatic rings. The highest BCUT2D eigenvalue weighted by atomic mass is 35.5. The summed E-state index contributed by atoms with van der Waals surface area (Å²) < 4.78 is 30.5. The smallest absolute Gasteiger partial charge is 0.162 e. The molecular formula is C22H26ClFN4O3. The third kappa shape index (κ3) is 5.44. The summed E-state index contributed by atoms with van der Waals surface area (Å²) in [4.78, 5) is 11.1. The molecule has 2 heterocycles. The fourth-order valence-electron chi connectivity index (χ4n) is 3.57. The normalized spacial score (nSPS) is 21.7. The topological polar surface area (TPSA) is 68.7 Å². The van der Waals surface area contributed by atoms with Gasteiger partial charge in [-0.05, 0) is 30.7 Å². The first-order valence-corrected chi connectivity index (χ1v) is 10.8. The van der Waals surface area contributed by atoms with Crippen LogP contribution in [-0.4, -0.2) is 73.0 Å². The van der Waals surface area contributed by atoms with E-state index in [0.29, 0.717) is 35.1 Å². The van der Waals surface area contributed by atoms with E-state index in [1.165, 1.54) is 12.4 Å². The number of allylic oxidation sites excluding steroid dienone is 3. The van der Waals surface area contributed by atoms with Crippen LogP contribution in [0.2, 0.25) is 0 Å². The van der Waals surface area contributed by atoms with Crippen LogP contribution in [0.4, 0.5) is 10.2 Å². The number of ether oxygens (including phenoxy) is 3. The van der Waals surface area contributed by atoms with Crippen molar-refractivity contribution in [1.82, 2.24) is 14.9 Å². The molecule has 1 fully saturated rings. The monoisotopic (exact) mass is 448 g/mol. The van der Waals surface area contributed by atoms with Gasteiger partial charge in [0.05, 0.1) is 37.8 Å². The van der Waals surface area contributed by atoms with Gasteiger partial charge >= 0.3 is 0 Å². The van der Waals surface area contributed by atoms with Gasteiger partial charge in [-0.1, -0.05) is 0 Å². The van der Waals surface area contributed by atoms with Crippen molar-refractivity contribution in [2.24, 2.45) is 0 Å². The molecule has 166 valence electrons. The zero-order valence-corrected chi connectivity index (χ0v) is 18.1. The maximum atomic E-state index is 13.6. The van der Waals surface area contributed by atoms with E-state index in [-0.39, 0.29) is 0 Å². The van der Waals surface area contributed by atoms with Crippen LogP contribution < -0.4 is 14.8 Å². The lowest BCUT2D eigenvalue weighted by molar-refractivity contribution is 0.0357. The molecule has 1 saturated heterocycles. The predicted octanol–water partition coefficient (Wildman–Crippen LogP) is 3.55. The number of benzene rings is 1. The Hall–Kier alpha value is -2.42. The molecule has 0 saturated carbocycles. The van der Waals surface area contributed by atoms with E-state index in [9.17, 15) is 4.39 Å². The molecule has 2 unspecified atom stereocenters. The molecule has 1 aliphatic carbocycles. The lowest BCUT2D eigenvalue weighted by atomic mass is 10.1. The van der Waals surface area contributed by atoms with Gasteiger partial charge in [0, 0.05) is 36.8 Å². The van der Waals surface area contributed by atoms with Gasteiger partial charge in [-0.15, -0.1) is 11.6 Å². The number of anilines is 1. The molecule has 0 spiro atoms. The van der Waals surface area contributed by atoms with E-state index in [2.05, 4.69) is 20.2 Å². The van der Waals surface area contributed by atoms with E-state index in [1.807, 2.05) is 12.1 Å². The molecule has 0 bridgehead atoms. The Labute approximate surface area is 185 Å². The number of nitrogens with zero attached hydrogens (tertiary/aromatic N) is 3. The van der Waals surface area contributed by atoms with Gasteiger partial charge in [0.25, 0.3) is 0 Å². The molecule has 4 rings (SSSR count). The minimum absolute atomic E-state index is 0.565. The second-order valence-electron chi connectivity index (χ2n) is 7.39. The third-order valence-corrected chi connectivity index (χ3v) is 5.63. The van der Waals surface area contributed by atoms with Crippen molar-refractivity contribution in [3.05, 3.63) is 42.4 Å². The van der Waals surface area contributed by atoms with Gasteiger partial charge in [-0.3, -0.25) is 4.90 Å². The highest BCUT2D eigenvalue weighted by Gasteiger charge is 2.19. The lowest BCUT2D eigenvalue weighted by Crippen LogP contribution is -2.37. The molecule has 1 aromatic heterocycles. The van der Waals surface area contributed by atoms with Crippen molar-refractivity contribution >= 4 is 28.3 Å². The fourth-order valence-corrected chi connectivity index (χ4v) is 3.79. The summed E-state index contributed by atoms with van der Waals surface area (Å²) >= 11 is 6.02. The van der Waals surface area contributed by atoms with Crippen molar-refractivity contribution in [1.29, 1.82) is 0 Å². The average Bonchev–Trinajstić information content (AvgIpc) is 2.79. The Morgan fingerprint density at radius 1 is 1.26 bits per heavy atom. The molecule has 1 N–H and O–H groups in total. The van der Waals surface area contributed by atoms with Gasteiger partial charge in [0.15, 0.2) is 11.5 Å². The molecule has 2 atom stereocenters. The van der Waals surface area contributed by atoms with Gasteiger partial charge in [-0.25, -0.2) is 14.4 Å². The maximum absolute atomic E-state index is 13.6. The Kier molecular flexibility index (Phi) is 7.21. The Morgan fingerprint density at radius 2 is 2.10 bits per heavy atom. The number of rotatable bonds is 8. The van der Waals surface area contributed by atoms with Crippen LogP contribution in [0.1, 0.15) is 6.42 Å². The van der Waals surface area contributed by atoms with Crippen molar-refractivity contribution in [2.75, 3.05) is 51.9 Å². The van der Waals surface area contributed by atoms with Gasteiger partial charge < -0.3 is 19.5 Å². The van der Waals surface area contributed by atoms with E-state index >= 15 is 0 Å². The number of fused-ring (bicyclic) bond motifs is 1. The van der Waals surface area contributed by atoms with Crippen molar-refractivity contribution in [2.45, 2.75) is 18.0 Å². The van der Waals surface area contributed by atoms with Gasteiger partial charge in [-0.2, -0.15) is 0 Å². The first-order chi connectivity index (χ1) is 15.1. The zero-order chi connectivity index (χ0) is 21.6. The number of methoxy groups -OCH3 is 1. The largest absolute Gasteiger partial charge is 0.493 e. The summed E-state index contributed by atoms with van der Waals surface area (Å²) in [5, 5.41) is 3.26. The molecular weight excluding hydrogens is 423 g/mol. The molecule has 7 nitrogen and oxygen atoms in total. The lowest BCUT2D eigenvalue weighted by Gasteiger charge is -2.26. The number of nitrogens with one attached hydrogen (secondary N) is 1. The number of halogens is 2. The van der Waals surface area contributed by atoms with Crippen molar-refractivity contribution in [3.8, 4) is 11.5 Å². The summed E-state index contributed by atoms with van der Waals surface area (Å²) in [6.07, 6.45) is 5.88. The Balaban J connectivity index is 1.48. The highest BCUT2D eigenvalue weighted by molar-refractivity contribution is 6.22. The molecule has 9 heteroatoms. The maximum Gasteiger partial charge on any atom is 0.162 e. The minimum atomic E-state index is -1.20. The quantitative estimate of drug-likeness (QED) is 0.489. The second-order valence-corrected chi connectivity index (χ2v) is 7.90. The molecule has 1 aliphatic heterocycles. The van der Waals surface area contributed by atoms with E-state index < -0.39 is 11.5 Å². The van der Waals surface area contributed by atoms with Crippen LogP contribution in [0.3, 0.4) is 0 Å². The second kappa shape index (κ2) is 10.3. The first kappa shape index (κ1) is 21.8. The summed E-state index contributed by atoms with van der Waals surface area (Å²) in [7, 11) is 1.60. The molecule has 0 amide bonds. The van der Waals surface area contributed by atoms with Crippen molar-refractivity contribution in [3.63, 3.8) is 0 Å². The summed E-state index contributed by atoms with van der Waals surface area (Å²) in [5.41, 5.74) is 1.39. The number of alkyl halides is 2. The van der Waals surface area contributed by atoms with Gasteiger partial charge in [0.1, 0.15) is 18.3 Å². The van der Waals surface area contributed by atoms with Gasteiger partial charge in [0.2, 0.25) is 0 Å². The third-order valence-electron chi connectivity index (χ3n) is 5.27. The van der Waals surface area contributed by atoms with Crippen LogP contribution in [0.25, 0.3) is 10.9 Å². The molecule has 31 heavy (non-hydrogen) atoms. The van der Waals surface area contributed by atoms with E-state index in [1.54, 1.807) is 19.3 Å². The number of hydrogen-bond donors (Lipinski definition) is 1. The zero-order valence-electron chi connectivity index (χ0n) is 17.4. The number of hydrogen-bond acceptors (Lipinski definition) is 7. The minimum Gasteiger partial charge on any atom is -0.493 e. The average molecular weight is 449 g/mol. The fraction of sp³-hybridized carbons (Fsp3) is 0.455. The van der Waals surface area contributed by atoms with Crippen LogP contribution in [0, 0.1) is 0 Å². The predicted molar refractivity (Wildman–Crippen MR) is 119 cm³/mol. The molecule has 1 aromatic carbocycles. The standard InChI is InChI=1S/C22H26ClFN4O3/c1-29-20-13-19-16(12-21(20)31-8-2-5-28-6-9-30-10-7-28)22(26-14-25-19)27-15-3-4-18(24)17(23)11-15/h3-4,11-14,17-18H,2,5-10H2,1H3,(H,25,26,27). The molecule has 2 aliphatic rings. The number of aromatic nitrogens is 2. The van der Waals surface area contributed by atoms with Crippen LogP contribution in [0.15, 0.2) is 42.4 Å². The van der Waals surface area contributed by atoms with Crippen LogP contribution >= 0.6 is 11.6 Å². The highest BCUT2D eigenvalue weighted by Crippen LogP contribution is 2.34. The Morgan fingerprint density at radius 3 is 2.87 bits per heavy atom. The first-order valence-electron chi connectivity index (χ1n) is 10.3. The van der Waals surface area contributed by atoms with Crippen LogP contribution in [-0.2, 0) is 4.74 Å². The Bertz CT molecular complexity index is 965. The van der Waals surface area contributed by atoms with E-state index in [0.717, 1.165) is 44.7 Å². The van der Waals surface area contributed by atoms with Crippen LogP contribution in [0.5, 0.6) is 11.5 Å². The summed E-state index contributed by atoms with van der Waals surface area (Å²) in [6, 6.07) is 3.70. The van der Waals surface area contributed by atoms with Crippen molar-refractivity contribution < 1.29 is 18.6 Å². The molecule has 0 radical (unpaired) electrons.